The Balaban J connectivity index is 2.00. The summed E-state index contributed by atoms with van der Waals surface area (Å²) in [5.74, 6) is -0.845. The molecule has 0 radical (unpaired) electrons. The van der Waals surface area contributed by atoms with Crippen molar-refractivity contribution in [1.82, 2.24) is 14.5 Å². The van der Waals surface area contributed by atoms with Gasteiger partial charge in [-0.1, -0.05) is 23.9 Å². The summed E-state index contributed by atoms with van der Waals surface area (Å²) < 4.78 is 2.03. The van der Waals surface area contributed by atoms with Crippen molar-refractivity contribution < 1.29 is 9.90 Å². The number of nitrogens with zero attached hydrogens (tertiary/aromatic N) is 3. The minimum Gasteiger partial charge on any atom is -0.481 e. The molecule has 5 nitrogen and oxygen atoms in total. The summed E-state index contributed by atoms with van der Waals surface area (Å²) in [6.45, 7) is 2.58. The standard InChI is InChI=1S/C14H13N3O2S2/c1-9-15-10(7-20-9)6-17-12-5-3-2-4-11(12)16-14(17)21-8-13(18)19/h2-5,7H,6,8H2,1H3,(H,18,19). The van der Waals surface area contributed by atoms with Crippen LogP contribution in [0.25, 0.3) is 11.0 Å². The number of aliphatic carboxylic acids is 1. The Hall–Kier alpha value is -1.86. The van der Waals surface area contributed by atoms with Gasteiger partial charge in [0.1, 0.15) is 0 Å². The van der Waals surface area contributed by atoms with E-state index in [0.29, 0.717) is 11.7 Å². The molecule has 3 aromatic rings. The Morgan fingerprint density at radius 1 is 1.38 bits per heavy atom. The van der Waals surface area contributed by atoms with E-state index in [0.717, 1.165) is 21.7 Å². The number of thioether (sulfide) groups is 1. The van der Waals surface area contributed by atoms with Gasteiger partial charge in [-0.2, -0.15) is 0 Å². The van der Waals surface area contributed by atoms with Crippen LogP contribution in [0.15, 0.2) is 34.8 Å². The number of aromatic nitrogens is 3. The number of carbonyl (C=O) groups is 1. The van der Waals surface area contributed by atoms with Crippen molar-refractivity contribution >= 4 is 40.1 Å². The van der Waals surface area contributed by atoms with Gasteiger partial charge < -0.3 is 9.67 Å². The average Bonchev–Trinajstić information content (AvgIpc) is 3.01. The van der Waals surface area contributed by atoms with Crippen LogP contribution in [0.3, 0.4) is 0 Å². The summed E-state index contributed by atoms with van der Waals surface area (Å²) in [7, 11) is 0. The highest BCUT2D eigenvalue weighted by Gasteiger charge is 2.13. The second-order valence-corrected chi connectivity index (χ2v) is 6.51. The zero-order valence-electron chi connectivity index (χ0n) is 11.3. The maximum Gasteiger partial charge on any atom is 0.313 e. The van der Waals surface area contributed by atoms with Crippen molar-refractivity contribution in [3.63, 3.8) is 0 Å². The zero-order valence-corrected chi connectivity index (χ0v) is 12.9. The van der Waals surface area contributed by atoms with Gasteiger partial charge in [-0.15, -0.1) is 11.3 Å². The molecular weight excluding hydrogens is 306 g/mol. The lowest BCUT2D eigenvalue weighted by Crippen LogP contribution is -2.04. The van der Waals surface area contributed by atoms with E-state index in [1.54, 1.807) is 11.3 Å². The van der Waals surface area contributed by atoms with Crippen molar-refractivity contribution in [2.45, 2.75) is 18.6 Å². The van der Waals surface area contributed by atoms with Crippen molar-refractivity contribution in [3.05, 3.63) is 40.3 Å². The van der Waals surface area contributed by atoms with Crippen LogP contribution in [-0.2, 0) is 11.3 Å². The van der Waals surface area contributed by atoms with E-state index in [2.05, 4.69) is 9.97 Å². The highest BCUT2D eigenvalue weighted by atomic mass is 32.2. The molecule has 0 fully saturated rings. The third-order valence-electron chi connectivity index (χ3n) is 2.93. The van der Waals surface area contributed by atoms with E-state index < -0.39 is 5.97 Å². The topological polar surface area (TPSA) is 68.0 Å². The number of carboxylic acids is 1. The van der Waals surface area contributed by atoms with Crippen LogP contribution in [-0.4, -0.2) is 31.4 Å². The molecule has 21 heavy (non-hydrogen) atoms. The Morgan fingerprint density at radius 3 is 2.90 bits per heavy atom. The minimum atomic E-state index is -0.844. The molecule has 108 valence electrons. The molecule has 0 spiro atoms. The molecule has 0 amide bonds. The maximum absolute atomic E-state index is 10.8. The van der Waals surface area contributed by atoms with Crippen molar-refractivity contribution in [2.24, 2.45) is 0 Å². The number of imidazole rings is 1. The van der Waals surface area contributed by atoms with E-state index >= 15 is 0 Å². The molecule has 0 aliphatic heterocycles. The molecule has 2 aromatic heterocycles. The molecule has 0 aliphatic rings. The van der Waals surface area contributed by atoms with Crippen LogP contribution in [0, 0.1) is 6.92 Å². The average molecular weight is 319 g/mol. The first-order valence-electron chi connectivity index (χ1n) is 6.34. The predicted octanol–water partition coefficient (Wildman–Crippen LogP) is 3.03. The van der Waals surface area contributed by atoms with E-state index in [1.165, 1.54) is 11.8 Å². The molecule has 3 rings (SSSR count). The lowest BCUT2D eigenvalue weighted by Gasteiger charge is -2.06. The second kappa shape index (κ2) is 5.87. The minimum absolute atomic E-state index is 0.000580. The second-order valence-electron chi connectivity index (χ2n) is 4.51. The first-order chi connectivity index (χ1) is 10.1. The molecule has 7 heteroatoms. The third kappa shape index (κ3) is 3.08. The quantitative estimate of drug-likeness (QED) is 0.732. The van der Waals surface area contributed by atoms with Crippen LogP contribution < -0.4 is 0 Å². The molecular formula is C14H13N3O2S2. The fourth-order valence-corrected chi connectivity index (χ4v) is 3.42. The number of thiazole rings is 1. The molecule has 0 unspecified atom stereocenters. The third-order valence-corrected chi connectivity index (χ3v) is 4.71. The summed E-state index contributed by atoms with van der Waals surface area (Å²) >= 11 is 2.84. The molecule has 0 atom stereocenters. The molecule has 2 heterocycles. The van der Waals surface area contributed by atoms with Crippen LogP contribution >= 0.6 is 23.1 Å². The lowest BCUT2D eigenvalue weighted by atomic mass is 10.3. The first-order valence-corrected chi connectivity index (χ1v) is 8.21. The number of hydrogen-bond donors (Lipinski definition) is 1. The van der Waals surface area contributed by atoms with Gasteiger partial charge in [0.2, 0.25) is 0 Å². The van der Waals surface area contributed by atoms with Crippen LogP contribution in [0.1, 0.15) is 10.7 Å². The van der Waals surface area contributed by atoms with Crippen LogP contribution in [0.5, 0.6) is 0 Å². The van der Waals surface area contributed by atoms with E-state index in [4.69, 9.17) is 5.11 Å². The van der Waals surface area contributed by atoms with Gasteiger partial charge in [-0.05, 0) is 19.1 Å². The summed E-state index contributed by atoms with van der Waals surface area (Å²) in [5.41, 5.74) is 2.84. The molecule has 1 N–H and O–H groups in total. The summed E-state index contributed by atoms with van der Waals surface area (Å²) in [6.07, 6.45) is 0. The zero-order chi connectivity index (χ0) is 14.8. The Labute approximate surface area is 129 Å². The van der Waals surface area contributed by atoms with E-state index in [-0.39, 0.29) is 5.75 Å². The molecule has 0 saturated heterocycles. The number of aryl methyl sites for hydroxylation is 1. The van der Waals surface area contributed by atoms with Gasteiger partial charge in [-0.25, -0.2) is 9.97 Å². The Bertz CT molecular complexity index is 794. The number of benzene rings is 1. The monoisotopic (exact) mass is 319 g/mol. The van der Waals surface area contributed by atoms with Crippen LogP contribution in [0.4, 0.5) is 0 Å². The maximum atomic E-state index is 10.8. The van der Waals surface area contributed by atoms with E-state index in [9.17, 15) is 4.79 Å². The SMILES string of the molecule is Cc1nc(Cn2c(SCC(=O)O)nc3ccccc32)cs1. The number of para-hydroxylation sites is 2. The van der Waals surface area contributed by atoms with E-state index in [1.807, 2.05) is 41.1 Å². The smallest absolute Gasteiger partial charge is 0.313 e. The molecule has 0 aliphatic carbocycles. The fourth-order valence-electron chi connectivity index (χ4n) is 2.09. The largest absolute Gasteiger partial charge is 0.481 e. The highest BCUT2D eigenvalue weighted by Crippen LogP contribution is 2.25. The predicted molar refractivity (Wildman–Crippen MR) is 84.0 cm³/mol. The van der Waals surface area contributed by atoms with Crippen molar-refractivity contribution in [1.29, 1.82) is 0 Å². The van der Waals surface area contributed by atoms with Crippen LogP contribution in [0.2, 0.25) is 0 Å². The van der Waals surface area contributed by atoms with Crippen molar-refractivity contribution in [2.75, 3.05) is 5.75 Å². The van der Waals surface area contributed by atoms with Gasteiger partial charge in [0.15, 0.2) is 5.16 Å². The summed E-state index contributed by atoms with van der Waals surface area (Å²) in [5, 5.41) is 12.6. The van der Waals surface area contributed by atoms with Gasteiger partial charge in [0.25, 0.3) is 0 Å². The molecule has 1 aromatic carbocycles. The number of rotatable bonds is 5. The number of fused-ring (bicyclic) bond motifs is 1. The number of carboxylic acid groups (broad SMARTS) is 1. The van der Waals surface area contributed by atoms with Gasteiger partial charge in [0.05, 0.1) is 34.0 Å². The van der Waals surface area contributed by atoms with Gasteiger partial charge in [-0.3, -0.25) is 4.79 Å². The lowest BCUT2D eigenvalue weighted by molar-refractivity contribution is -0.133. The normalized spacial score (nSPS) is 11.1. The summed E-state index contributed by atoms with van der Waals surface area (Å²) in [6, 6.07) is 7.81. The first kappa shape index (κ1) is 14.1. The molecule has 0 saturated carbocycles. The van der Waals surface area contributed by atoms with Gasteiger partial charge in [0, 0.05) is 5.38 Å². The van der Waals surface area contributed by atoms with Gasteiger partial charge >= 0.3 is 5.97 Å². The summed E-state index contributed by atoms with van der Waals surface area (Å²) in [4.78, 5) is 19.8. The van der Waals surface area contributed by atoms with Crippen molar-refractivity contribution in [3.8, 4) is 0 Å². The number of hydrogen-bond acceptors (Lipinski definition) is 5. The molecule has 0 bridgehead atoms. The Kier molecular flexibility index (Phi) is 3.94. The Morgan fingerprint density at radius 2 is 2.19 bits per heavy atom. The fraction of sp³-hybridized carbons (Fsp3) is 0.214. The highest BCUT2D eigenvalue weighted by molar-refractivity contribution is 7.99.